The van der Waals surface area contributed by atoms with Crippen LogP contribution >= 0.6 is 0 Å². The molecule has 116 valence electrons. The second-order valence-electron chi connectivity index (χ2n) is 4.73. The quantitative estimate of drug-likeness (QED) is 0.850. The van der Waals surface area contributed by atoms with E-state index in [1.165, 1.54) is 24.4 Å². The van der Waals surface area contributed by atoms with Crippen LogP contribution in [0.1, 0.15) is 6.42 Å². The zero-order valence-electron chi connectivity index (χ0n) is 11.4. The smallest absolute Gasteiger partial charge is 0.314 e. The number of carbonyl (C=O) groups excluding carboxylic acids is 1. The summed E-state index contributed by atoms with van der Waals surface area (Å²) in [5, 5.41) is 3.15. The van der Waals surface area contributed by atoms with E-state index in [4.69, 9.17) is 0 Å². The summed E-state index contributed by atoms with van der Waals surface area (Å²) in [4.78, 5) is 17.4. The molecule has 0 atom stereocenters. The highest BCUT2D eigenvalue weighted by atomic mass is 19.4. The fraction of sp³-hybridized carbons (Fsp3) is 0.538. The molecule has 1 aromatic heterocycles. The number of piperazine rings is 1. The number of aromatic nitrogens is 1. The Morgan fingerprint density at radius 1 is 1.33 bits per heavy atom. The normalized spacial score (nSPS) is 16.7. The van der Waals surface area contributed by atoms with Crippen molar-refractivity contribution in [2.45, 2.75) is 12.7 Å². The molecule has 8 heteroatoms. The summed E-state index contributed by atoms with van der Waals surface area (Å²) in [6, 6.07) is 4.10. The maximum atomic E-state index is 13.1. The Morgan fingerprint density at radius 3 is 2.62 bits per heavy atom. The number of carbonyl (C=O) groups is 1. The number of halogens is 3. The molecule has 1 aliphatic heterocycles. The molecule has 0 saturated carbocycles. The van der Waals surface area contributed by atoms with Crippen molar-refractivity contribution >= 4 is 11.7 Å². The van der Waals surface area contributed by atoms with Crippen molar-refractivity contribution in [3.8, 4) is 0 Å². The predicted octanol–water partition coefficient (Wildman–Crippen LogP) is 1.23. The summed E-state index contributed by atoms with van der Waals surface area (Å²) in [5.74, 6) is -1.38. The van der Waals surface area contributed by atoms with Crippen molar-refractivity contribution in [2.24, 2.45) is 0 Å². The first-order valence-electron chi connectivity index (χ1n) is 6.72. The van der Waals surface area contributed by atoms with Gasteiger partial charge in [-0.15, -0.1) is 13.2 Å². The standard InChI is InChI=1S/C13H17F3N4O/c14-13(15,16)20(11-3-1-2-5-18-11)12(21)4-8-19-9-6-17-7-10-19/h1-3,5,17H,4,6-10H2. The second kappa shape index (κ2) is 6.86. The number of alkyl halides is 3. The summed E-state index contributed by atoms with van der Waals surface area (Å²) in [6.45, 7) is 3.38. The molecule has 1 aromatic rings. The van der Waals surface area contributed by atoms with Gasteiger partial charge in [0.15, 0.2) is 0 Å². The van der Waals surface area contributed by atoms with Crippen LogP contribution in [0, 0.1) is 0 Å². The van der Waals surface area contributed by atoms with Crippen molar-refractivity contribution in [3.63, 3.8) is 0 Å². The van der Waals surface area contributed by atoms with Crippen LogP contribution in [0.2, 0.25) is 0 Å². The molecular formula is C13H17F3N4O. The summed E-state index contributed by atoms with van der Waals surface area (Å²) < 4.78 is 39.2. The third-order valence-electron chi connectivity index (χ3n) is 3.23. The molecule has 21 heavy (non-hydrogen) atoms. The van der Waals surface area contributed by atoms with E-state index in [1.54, 1.807) is 0 Å². The number of hydrogen-bond acceptors (Lipinski definition) is 4. The van der Waals surface area contributed by atoms with Crippen LogP contribution in [0.15, 0.2) is 24.4 Å². The van der Waals surface area contributed by atoms with E-state index in [0.717, 1.165) is 26.2 Å². The van der Waals surface area contributed by atoms with Crippen LogP contribution in [0.25, 0.3) is 0 Å². The van der Waals surface area contributed by atoms with E-state index < -0.39 is 18.0 Å². The Balaban J connectivity index is 2.01. The molecule has 1 amide bonds. The highest BCUT2D eigenvalue weighted by molar-refractivity contribution is 5.93. The van der Waals surface area contributed by atoms with Gasteiger partial charge in [0.25, 0.3) is 0 Å². The fourth-order valence-corrected chi connectivity index (χ4v) is 2.19. The van der Waals surface area contributed by atoms with Crippen molar-refractivity contribution in [1.29, 1.82) is 0 Å². The number of anilines is 1. The Bertz CT molecular complexity index is 460. The van der Waals surface area contributed by atoms with Crippen LogP contribution in [0.3, 0.4) is 0 Å². The van der Waals surface area contributed by atoms with Crippen LogP contribution in [-0.4, -0.2) is 54.8 Å². The van der Waals surface area contributed by atoms with Gasteiger partial charge < -0.3 is 10.2 Å². The largest absolute Gasteiger partial charge is 0.492 e. The van der Waals surface area contributed by atoms with Gasteiger partial charge in [-0.2, -0.15) is 0 Å². The SMILES string of the molecule is O=C(CCN1CCNCC1)N(c1ccccn1)C(F)(F)F. The molecular weight excluding hydrogens is 285 g/mol. The average molecular weight is 302 g/mol. The zero-order valence-corrected chi connectivity index (χ0v) is 11.4. The summed E-state index contributed by atoms with van der Waals surface area (Å²) in [5.41, 5.74) is 0. The molecule has 0 bridgehead atoms. The minimum absolute atomic E-state index is 0.184. The van der Waals surface area contributed by atoms with E-state index >= 15 is 0 Å². The molecule has 1 aliphatic rings. The lowest BCUT2D eigenvalue weighted by Gasteiger charge is -2.28. The third-order valence-corrected chi connectivity index (χ3v) is 3.23. The number of pyridine rings is 1. The van der Waals surface area contributed by atoms with E-state index in [9.17, 15) is 18.0 Å². The Hall–Kier alpha value is -1.67. The van der Waals surface area contributed by atoms with Gasteiger partial charge in [-0.05, 0) is 12.1 Å². The number of nitrogens with zero attached hydrogens (tertiary/aromatic N) is 3. The van der Waals surface area contributed by atoms with Crippen molar-refractivity contribution in [1.82, 2.24) is 15.2 Å². The third kappa shape index (κ3) is 4.40. The maximum Gasteiger partial charge on any atom is 0.492 e. The molecule has 0 aliphatic carbocycles. The van der Waals surface area contributed by atoms with E-state index in [0.29, 0.717) is 6.54 Å². The number of hydrogen-bond donors (Lipinski definition) is 1. The summed E-state index contributed by atoms with van der Waals surface area (Å²) >= 11 is 0. The van der Waals surface area contributed by atoms with Gasteiger partial charge in [0.1, 0.15) is 5.82 Å². The molecule has 0 aromatic carbocycles. The van der Waals surface area contributed by atoms with Gasteiger partial charge in [0, 0.05) is 45.3 Å². The molecule has 5 nitrogen and oxygen atoms in total. The molecule has 0 spiro atoms. The summed E-state index contributed by atoms with van der Waals surface area (Å²) in [6.07, 6.45) is -3.72. The highest BCUT2D eigenvalue weighted by Crippen LogP contribution is 2.27. The minimum atomic E-state index is -4.77. The first-order chi connectivity index (χ1) is 9.98. The van der Waals surface area contributed by atoms with Gasteiger partial charge >= 0.3 is 6.30 Å². The van der Waals surface area contributed by atoms with E-state index in [-0.39, 0.29) is 11.3 Å². The fourth-order valence-electron chi connectivity index (χ4n) is 2.19. The summed E-state index contributed by atoms with van der Waals surface area (Å²) in [7, 11) is 0. The van der Waals surface area contributed by atoms with E-state index in [2.05, 4.69) is 10.3 Å². The first kappa shape index (κ1) is 15.7. The van der Waals surface area contributed by atoms with Crippen LogP contribution in [0.5, 0.6) is 0 Å². The molecule has 1 N–H and O–H groups in total. The minimum Gasteiger partial charge on any atom is -0.314 e. The first-order valence-corrected chi connectivity index (χ1v) is 6.72. The lowest BCUT2D eigenvalue weighted by Crippen LogP contribution is -2.47. The Kier molecular flexibility index (Phi) is 5.13. The topological polar surface area (TPSA) is 48.5 Å². The lowest BCUT2D eigenvalue weighted by molar-refractivity contribution is -0.150. The van der Waals surface area contributed by atoms with Gasteiger partial charge in [0.05, 0.1) is 0 Å². The van der Waals surface area contributed by atoms with Gasteiger partial charge in [0.2, 0.25) is 5.91 Å². The number of amides is 1. The number of rotatable bonds is 4. The zero-order chi connectivity index (χ0) is 15.3. The molecule has 0 unspecified atom stereocenters. The molecule has 2 rings (SSSR count). The van der Waals surface area contributed by atoms with Crippen LogP contribution in [0.4, 0.5) is 19.0 Å². The average Bonchev–Trinajstić information content (AvgIpc) is 2.46. The predicted molar refractivity (Wildman–Crippen MR) is 71.7 cm³/mol. The highest BCUT2D eigenvalue weighted by Gasteiger charge is 2.42. The van der Waals surface area contributed by atoms with Crippen LogP contribution in [-0.2, 0) is 4.79 Å². The van der Waals surface area contributed by atoms with Crippen molar-refractivity contribution in [3.05, 3.63) is 24.4 Å². The van der Waals surface area contributed by atoms with Gasteiger partial charge in [-0.25, -0.2) is 9.88 Å². The van der Waals surface area contributed by atoms with Crippen molar-refractivity contribution in [2.75, 3.05) is 37.6 Å². The molecule has 0 radical (unpaired) electrons. The van der Waals surface area contributed by atoms with Gasteiger partial charge in [-0.3, -0.25) is 4.79 Å². The molecule has 2 heterocycles. The monoisotopic (exact) mass is 302 g/mol. The molecule has 1 fully saturated rings. The van der Waals surface area contributed by atoms with E-state index in [1.807, 2.05) is 4.90 Å². The number of nitrogens with one attached hydrogen (secondary N) is 1. The van der Waals surface area contributed by atoms with Gasteiger partial charge in [-0.1, -0.05) is 6.07 Å². The Labute approximate surface area is 120 Å². The molecule has 1 saturated heterocycles. The van der Waals surface area contributed by atoms with Crippen molar-refractivity contribution < 1.29 is 18.0 Å². The maximum absolute atomic E-state index is 13.1. The second-order valence-corrected chi connectivity index (χ2v) is 4.73. The van der Waals surface area contributed by atoms with Crippen LogP contribution < -0.4 is 10.2 Å². The lowest BCUT2D eigenvalue weighted by atomic mass is 10.3. The Morgan fingerprint density at radius 2 is 2.05 bits per heavy atom.